The lowest BCUT2D eigenvalue weighted by atomic mass is 10.1. The fraction of sp³-hybridized carbons (Fsp3) is 0. The summed E-state index contributed by atoms with van der Waals surface area (Å²) in [5.74, 6) is 0. The van der Waals surface area contributed by atoms with E-state index in [-0.39, 0.29) is 16.6 Å². The molecule has 0 saturated carbocycles. The monoisotopic (exact) mass is 286 g/mol. The molecule has 3 aromatic rings. The second-order valence-electron chi connectivity index (χ2n) is 4.25. The van der Waals surface area contributed by atoms with Crippen molar-refractivity contribution in [2.75, 3.05) is 0 Å². The van der Waals surface area contributed by atoms with Gasteiger partial charge in [0.15, 0.2) is 5.39 Å². The molecule has 0 bridgehead atoms. The predicted octanol–water partition coefficient (Wildman–Crippen LogP) is 2.76. The highest BCUT2D eigenvalue weighted by Gasteiger charge is 2.30. The molecule has 0 saturated heterocycles. The van der Waals surface area contributed by atoms with E-state index in [1.54, 1.807) is 18.2 Å². The largest absolute Gasteiger partial charge is 0.456 e. The summed E-state index contributed by atoms with van der Waals surface area (Å²) in [5, 5.41) is 21.8. The molecule has 0 fully saturated rings. The maximum absolute atomic E-state index is 12.4. The van der Waals surface area contributed by atoms with Crippen molar-refractivity contribution in [3.8, 4) is 0 Å². The molecular weight excluding hydrogens is 280 g/mol. The molecule has 8 nitrogen and oxygen atoms in total. The zero-order valence-corrected chi connectivity index (χ0v) is 10.3. The van der Waals surface area contributed by atoms with Gasteiger partial charge in [0.05, 0.1) is 15.2 Å². The molecule has 2 aromatic carbocycles. The van der Waals surface area contributed by atoms with Gasteiger partial charge in [0.25, 0.3) is 0 Å². The molecule has 1 heterocycles. The van der Waals surface area contributed by atoms with Gasteiger partial charge < -0.3 is 4.42 Å². The molecule has 104 valence electrons. The fourth-order valence-corrected chi connectivity index (χ4v) is 2.19. The van der Waals surface area contributed by atoms with Crippen LogP contribution in [0.2, 0.25) is 0 Å². The van der Waals surface area contributed by atoms with Gasteiger partial charge in [-0.3, -0.25) is 25.0 Å². The van der Waals surface area contributed by atoms with Crippen molar-refractivity contribution in [1.82, 2.24) is 0 Å². The van der Waals surface area contributed by atoms with Crippen molar-refractivity contribution in [2.45, 2.75) is 0 Å². The number of hydrogen-bond donors (Lipinski definition) is 0. The first kappa shape index (κ1) is 12.7. The molecule has 0 aliphatic rings. The van der Waals surface area contributed by atoms with Crippen LogP contribution < -0.4 is 5.43 Å². The Labute approximate surface area is 115 Å². The third kappa shape index (κ3) is 1.81. The summed E-state index contributed by atoms with van der Waals surface area (Å²) in [5.41, 5.74) is -2.05. The van der Waals surface area contributed by atoms with E-state index in [2.05, 4.69) is 0 Å². The molecule has 3 rings (SSSR count). The Balaban J connectivity index is 2.61. The van der Waals surface area contributed by atoms with Gasteiger partial charge in [0, 0.05) is 6.07 Å². The van der Waals surface area contributed by atoms with Crippen LogP contribution in [0.25, 0.3) is 21.9 Å². The zero-order chi connectivity index (χ0) is 15.1. The van der Waals surface area contributed by atoms with Crippen LogP contribution in [0.15, 0.2) is 45.6 Å². The summed E-state index contributed by atoms with van der Waals surface area (Å²) >= 11 is 0. The molecule has 0 aliphatic heterocycles. The maximum Gasteiger partial charge on any atom is 0.360 e. The summed E-state index contributed by atoms with van der Waals surface area (Å²) in [6.07, 6.45) is 0. The lowest BCUT2D eigenvalue weighted by Crippen LogP contribution is -2.07. The normalized spacial score (nSPS) is 10.9. The molecule has 0 atom stereocenters. The van der Waals surface area contributed by atoms with Crippen LogP contribution in [-0.2, 0) is 0 Å². The van der Waals surface area contributed by atoms with E-state index in [0.717, 1.165) is 6.07 Å². The molecule has 8 heteroatoms. The molecule has 0 amide bonds. The average molecular weight is 286 g/mol. The smallest absolute Gasteiger partial charge is 0.360 e. The lowest BCUT2D eigenvalue weighted by molar-refractivity contribution is -0.421. The van der Waals surface area contributed by atoms with Crippen molar-refractivity contribution in [2.24, 2.45) is 0 Å². The second-order valence-corrected chi connectivity index (χ2v) is 4.25. The summed E-state index contributed by atoms with van der Waals surface area (Å²) in [4.78, 5) is 32.6. The Hall–Kier alpha value is -3.29. The number of nitro benzene ring substituents is 2. The number of fused-ring (bicyclic) bond motifs is 2. The van der Waals surface area contributed by atoms with Gasteiger partial charge >= 0.3 is 11.4 Å². The third-order valence-electron chi connectivity index (χ3n) is 3.08. The predicted molar refractivity (Wildman–Crippen MR) is 73.3 cm³/mol. The van der Waals surface area contributed by atoms with E-state index in [0.29, 0.717) is 0 Å². The van der Waals surface area contributed by atoms with E-state index >= 15 is 0 Å². The van der Waals surface area contributed by atoms with Gasteiger partial charge in [-0.1, -0.05) is 12.1 Å². The van der Waals surface area contributed by atoms with Gasteiger partial charge in [-0.2, -0.15) is 0 Å². The van der Waals surface area contributed by atoms with Crippen LogP contribution in [0.3, 0.4) is 0 Å². The van der Waals surface area contributed by atoms with Crippen molar-refractivity contribution in [1.29, 1.82) is 0 Å². The maximum atomic E-state index is 12.4. The summed E-state index contributed by atoms with van der Waals surface area (Å²) in [7, 11) is 0. The highest BCUT2D eigenvalue weighted by atomic mass is 16.6. The van der Waals surface area contributed by atoms with E-state index in [9.17, 15) is 25.0 Å². The van der Waals surface area contributed by atoms with Gasteiger partial charge in [0.1, 0.15) is 11.2 Å². The molecule has 0 spiro atoms. The van der Waals surface area contributed by atoms with Crippen molar-refractivity contribution in [3.63, 3.8) is 0 Å². The Morgan fingerprint density at radius 3 is 2.29 bits per heavy atom. The van der Waals surface area contributed by atoms with Crippen LogP contribution >= 0.6 is 0 Å². The molecule has 0 aliphatic carbocycles. The van der Waals surface area contributed by atoms with E-state index in [1.807, 2.05) is 0 Å². The lowest BCUT2D eigenvalue weighted by Gasteiger charge is -2.02. The average Bonchev–Trinajstić information content (AvgIpc) is 2.46. The quantitative estimate of drug-likeness (QED) is 0.406. The number of para-hydroxylation sites is 1. The highest BCUT2D eigenvalue weighted by molar-refractivity contribution is 5.97. The number of benzene rings is 2. The summed E-state index contributed by atoms with van der Waals surface area (Å²) < 4.78 is 5.43. The van der Waals surface area contributed by atoms with Crippen LogP contribution in [0.5, 0.6) is 0 Å². The minimum absolute atomic E-state index is 0.0593. The Kier molecular flexibility index (Phi) is 2.65. The van der Waals surface area contributed by atoms with Gasteiger partial charge in [-0.15, -0.1) is 0 Å². The molecule has 21 heavy (non-hydrogen) atoms. The number of nitrogens with zero attached hydrogens (tertiary/aromatic N) is 2. The SMILES string of the molecule is O=c1c2ccccc2oc2ccc([N+](=O)[O-])c([N+](=O)[O-])c12. The minimum Gasteiger partial charge on any atom is -0.456 e. The number of hydrogen-bond acceptors (Lipinski definition) is 6. The number of nitro groups is 2. The second kappa shape index (κ2) is 4.37. The first-order valence-electron chi connectivity index (χ1n) is 5.78. The van der Waals surface area contributed by atoms with E-state index in [4.69, 9.17) is 4.42 Å². The van der Waals surface area contributed by atoms with E-state index in [1.165, 1.54) is 12.1 Å². The zero-order valence-electron chi connectivity index (χ0n) is 10.3. The third-order valence-corrected chi connectivity index (χ3v) is 3.08. The first-order valence-corrected chi connectivity index (χ1v) is 5.78. The van der Waals surface area contributed by atoms with Gasteiger partial charge in [-0.05, 0) is 18.2 Å². The Morgan fingerprint density at radius 1 is 0.905 bits per heavy atom. The van der Waals surface area contributed by atoms with Crippen LogP contribution in [0, 0.1) is 20.2 Å². The molecule has 0 N–H and O–H groups in total. The Morgan fingerprint density at radius 2 is 1.62 bits per heavy atom. The van der Waals surface area contributed by atoms with Crippen molar-refractivity contribution >= 4 is 33.3 Å². The fourth-order valence-electron chi connectivity index (χ4n) is 2.19. The summed E-state index contributed by atoms with van der Waals surface area (Å²) in [6.45, 7) is 0. The summed E-state index contributed by atoms with van der Waals surface area (Å²) in [6, 6.07) is 8.37. The van der Waals surface area contributed by atoms with Crippen LogP contribution in [0.4, 0.5) is 11.4 Å². The number of rotatable bonds is 2. The standard InChI is InChI=1S/C13H6N2O6/c16-13-7-3-1-2-4-9(7)21-10-6-5-8(14(17)18)12(11(10)13)15(19)20/h1-6H. The first-order chi connectivity index (χ1) is 10.0. The topological polar surface area (TPSA) is 116 Å². The van der Waals surface area contributed by atoms with Crippen molar-refractivity contribution in [3.05, 3.63) is 66.9 Å². The Bertz CT molecular complexity index is 975. The molecular formula is C13H6N2O6. The van der Waals surface area contributed by atoms with Gasteiger partial charge in [-0.25, -0.2) is 0 Å². The molecule has 0 unspecified atom stereocenters. The molecule has 1 aromatic heterocycles. The minimum atomic E-state index is -0.938. The van der Waals surface area contributed by atoms with Crippen molar-refractivity contribution < 1.29 is 14.3 Å². The highest BCUT2D eigenvalue weighted by Crippen LogP contribution is 2.34. The van der Waals surface area contributed by atoms with Crippen LogP contribution in [0.1, 0.15) is 0 Å². The van der Waals surface area contributed by atoms with Gasteiger partial charge in [0.2, 0.25) is 5.43 Å². The molecule has 0 radical (unpaired) electrons. The van der Waals surface area contributed by atoms with Crippen LogP contribution in [-0.4, -0.2) is 9.85 Å². The van der Waals surface area contributed by atoms with E-state index < -0.39 is 32.0 Å².